The van der Waals surface area contributed by atoms with Gasteiger partial charge in [-0.2, -0.15) is 0 Å². The predicted molar refractivity (Wildman–Crippen MR) is 99.0 cm³/mol. The standard InChI is InChI=1S/C20H32N2O3/c1-25-19-9-5-6-16(20(19)24)14-21-11-12-22(18(15-21)10-13-23)17-7-3-2-4-8-17/h5-6,9,17-18,23-24H,2-4,7-8,10-15H2,1H3/t18-/m1/s1. The molecule has 1 aliphatic carbocycles. The lowest BCUT2D eigenvalue weighted by molar-refractivity contribution is 0.0134. The van der Waals surface area contributed by atoms with Gasteiger partial charge < -0.3 is 14.9 Å². The Morgan fingerprint density at radius 2 is 1.96 bits per heavy atom. The van der Waals surface area contributed by atoms with Crippen LogP contribution < -0.4 is 4.74 Å². The van der Waals surface area contributed by atoms with Crippen molar-refractivity contribution in [3.8, 4) is 11.5 Å². The second-order valence-electron chi connectivity index (χ2n) is 7.40. The molecule has 0 spiro atoms. The van der Waals surface area contributed by atoms with E-state index in [1.165, 1.54) is 32.1 Å². The summed E-state index contributed by atoms with van der Waals surface area (Å²) in [6.45, 7) is 3.98. The molecule has 1 aromatic rings. The highest BCUT2D eigenvalue weighted by Crippen LogP contribution is 2.32. The van der Waals surface area contributed by atoms with Gasteiger partial charge in [0.25, 0.3) is 0 Å². The Morgan fingerprint density at radius 1 is 1.16 bits per heavy atom. The van der Waals surface area contributed by atoms with Crippen LogP contribution in [-0.4, -0.2) is 65.4 Å². The van der Waals surface area contributed by atoms with E-state index >= 15 is 0 Å². The van der Waals surface area contributed by atoms with Crippen molar-refractivity contribution < 1.29 is 14.9 Å². The summed E-state index contributed by atoms with van der Waals surface area (Å²) in [6, 6.07) is 6.78. The van der Waals surface area contributed by atoms with E-state index in [1.54, 1.807) is 13.2 Å². The summed E-state index contributed by atoms with van der Waals surface area (Å²) in [7, 11) is 1.58. The van der Waals surface area contributed by atoms with Gasteiger partial charge in [-0.15, -0.1) is 0 Å². The first-order chi connectivity index (χ1) is 12.2. The number of aliphatic hydroxyl groups is 1. The van der Waals surface area contributed by atoms with Crippen molar-refractivity contribution in [2.24, 2.45) is 0 Å². The monoisotopic (exact) mass is 348 g/mol. The molecule has 140 valence electrons. The molecule has 1 aliphatic heterocycles. The molecule has 1 saturated carbocycles. The predicted octanol–water partition coefficient (Wildman–Crippen LogP) is 2.60. The number of benzene rings is 1. The van der Waals surface area contributed by atoms with Gasteiger partial charge >= 0.3 is 0 Å². The fourth-order valence-corrected chi connectivity index (χ4v) is 4.48. The van der Waals surface area contributed by atoms with E-state index < -0.39 is 0 Å². The van der Waals surface area contributed by atoms with E-state index in [-0.39, 0.29) is 12.4 Å². The van der Waals surface area contributed by atoms with Crippen molar-refractivity contribution in [1.82, 2.24) is 9.80 Å². The molecular weight excluding hydrogens is 316 g/mol. The second-order valence-corrected chi connectivity index (χ2v) is 7.40. The van der Waals surface area contributed by atoms with Crippen molar-refractivity contribution in [2.45, 2.75) is 57.2 Å². The lowest BCUT2D eigenvalue weighted by Gasteiger charge is -2.46. The third kappa shape index (κ3) is 4.46. The molecule has 2 fully saturated rings. The third-order valence-electron chi connectivity index (χ3n) is 5.81. The van der Waals surface area contributed by atoms with E-state index in [1.807, 2.05) is 12.1 Å². The van der Waals surface area contributed by atoms with Gasteiger partial charge in [-0.3, -0.25) is 9.80 Å². The molecule has 5 nitrogen and oxygen atoms in total. The highest BCUT2D eigenvalue weighted by Gasteiger charge is 2.32. The number of phenols is 1. The summed E-state index contributed by atoms with van der Waals surface area (Å²) >= 11 is 0. The van der Waals surface area contributed by atoms with Crippen molar-refractivity contribution in [3.63, 3.8) is 0 Å². The van der Waals surface area contributed by atoms with Crippen LogP contribution in [0.25, 0.3) is 0 Å². The zero-order chi connectivity index (χ0) is 17.6. The Hall–Kier alpha value is -1.30. The zero-order valence-electron chi connectivity index (χ0n) is 15.4. The minimum Gasteiger partial charge on any atom is -0.504 e. The first-order valence-corrected chi connectivity index (χ1v) is 9.66. The number of hydrogen-bond acceptors (Lipinski definition) is 5. The summed E-state index contributed by atoms with van der Waals surface area (Å²) in [4.78, 5) is 5.05. The molecule has 0 amide bonds. The van der Waals surface area contributed by atoms with Crippen LogP contribution in [0.3, 0.4) is 0 Å². The molecule has 0 aromatic heterocycles. The van der Waals surface area contributed by atoms with Crippen LogP contribution in [0, 0.1) is 0 Å². The maximum Gasteiger partial charge on any atom is 0.162 e. The summed E-state index contributed by atoms with van der Waals surface area (Å²) < 4.78 is 5.22. The average molecular weight is 348 g/mol. The van der Waals surface area contributed by atoms with Gasteiger partial charge in [0.2, 0.25) is 0 Å². The van der Waals surface area contributed by atoms with Crippen LogP contribution in [0.15, 0.2) is 18.2 Å². The first-order valence-electron chi connectivity index (χ1n) is 9.66. The lowest BCUT2D eigenvalue weighted by atomic mass is 9.91. The van der Waals surface area contributed by atoms with Gasteiger partial charge in [0, 0.05) is 50.4 Å². The number of piperazine rings is 1. The number of ether oxygens (including phenoxy) is 1. The minimum atomic E-state index is 0.242. The van der Waals surface area contributed by atoms with E-state index in [0.29, 0.717) is 17.8 Å². The van der Waals surface area contributed by atoms with E-state index in [4.69, 9.17) is 4.74 Å². The van der Waals surface area contributed by atoms with Crippen molar-refractivity contribution >= 4 is 0 Å². The quantitative estimate of drug-likeness (QED) is 0.828. The Morgan fingerprint density at radius 3 is 2.68 bits per heavy atom. The smallest absolute Gasteiger partial charge is 0.162 e. The van der Waals surface area contributed by atoms with Crippen molar-refractivity contribution in [1.29, 1.82) is 0 Å². The molecule has 0 radical (unpaired) electrons. The van der Waals surface area contributed by atoms with Crippen LogP contribution in [0.1, 0.15) is 44.1 Å². The highest BCUT2D eigenvalue weighted by atomic mass is 16.5. The summed E-state index contributed by atoms with van der Waals surface area (Å²) in [5.74, 6) is 0.781. The van der Waals surface area contributed by atoms with Gasteiger partial charge in [0.15, 0.2) is 11.5 Å². The van der Waals surface area contributed by atoms with E-state index in [2.05, 4.69) is 9.80 Å². The number of phenolic OH excluding ortho intramolecular Hbond substituents is 1. The number of rotatable bonds is 6. The second kappa shape index (κ2) is 8.88. The van der Waals surface area contributed by atoms with Crippen molar-refractivity contribution in [3.05, 3.63) is 23.8 Å². The zero-order valence-corrected chi connectivity index (χ0v) is 15.4. The first kappa shape index (κ1) is 18.5. The molecule has 0 bridgehead atoms. The third-order valence-corrected chi connectivity index (χ3v) is 5.81. The fraction of sp³-hybridized carbons (Fsp3) is 0.700. The van der Waals surface area contributed by atoms with Crippen LogP contribution >= 0.6 is 0 Å². The average Bonchev–Trinajstić information content (AvgIpc) is 2.65. The molecule has 25 heavy (non-hydrogen) atoms. The van der Waals surface area contributed by atoms with E-state index in [9.17, 15) is 10.2 Å². The largest absolute Gasteiger partial charge is 0.504 e. The van der Waals surface area contributed by atoms with Gasteiger partial charge in [0.05, 0.1) is 7.11 Å². The van der Waals surface area contributed by atoms with Crippen molar-refractivity contribution in [2.75, 3.05) is 33.4 Å². The van der Waals surface area contributed by atoms with Gasteiger partial charge in [-0.05, 0) is 25.3 Å². The maximum absolute atomic E-state index is 10.3. The minimum absolute atomic E-state index is 0.242. The normalized spacial score (nSPS) is 23.7. The lowest BCUT2D eigenvalue weighted by Crippen LogP contribution is -2.56. The molecule has 2 aliphatic rings. The van der Waals surface area contributed by atoms with Gasteiger partial charge in [-0.1, -0.05) is 31.4 Å². The molecule has 3 rings (SSSR count). The number of aliphatic hydroxyl groups excluding tert-OH is 1. The SMILES string of the molecule is COc1cccc(CN2CCN(C3CCCCC3)[C@H](CCO)C2)c1O. The van der Waals surface area contributed by atoms with E-state index in [0.717, 1.165) is 38.2 Å². The van der Waals surface area contributed by atoms with Crippen LogP contribution in [0.2, 0.25) is 0 Å². The maximum atomic E-state index is 10.3. The van der Waals surface area contributed by atoms with Crippen LogP contribution in [-0.2, 0) is 6.54 Å². The Balaban J connectivity index is 1.65. The Bertz CT molecular complexity index is 546. The fourth-order valence-electron chi connectivity index (χ4n) is 4.48. The number of nitrogens with zero attached hydrogens (tertiary/aromatic N) is 2. The van der Waals surface area contributed by atoms with Crippen LogP contribution in [0.5, 0.6) is 11.5 Å². The topological polar surface area (TPSA) is 56.2 Å². The number of hydrogen-bond donors (Lipinski definition) is 2. The molecule has 1 atom stereocenters. The summed E-state index contributed by atoms with van der Waals surface area (Å²) in [5.41, 5.74) is 0.910. The van der Waals surface area contributed by atoms with Gasteiger partial charge in [-0.25, -0.2) is 0 Å². The molecule has 5 heteroatoms. The summed E-state index contributed by atoms with van der Waals surface area (Å²) in [6.07, 6.45) is 7.49. The van der Waals surface area contributed by atoms with Crippen LogP contribution in [0.4, 0.5) is 0 Å². The number of aromatic hydroxyl groups is 1. The summed E-state index contributed by atoms with van der Waals surface area (Å²) in [5, 5.41) is 19.9. The number of para-hydroxylation sites is 1. The molecular formula is C20H32N2O3. The Kier molecular flexibility index (Phi) is 6.57. The Labute approximate surface area is 151 Å². The molecule has 1 aromatic carbocycles. The van der Waals surface area contributed by atoms with Gasteiger partial charge in [0.1, 0.15) is 0 Å². The molecule has 1 saturated heterocycles. The molecule has 0 unspecified atom stereocenters. The molecule has 2 N–H and O–H groups in total. The number of methoxy groups -OCH3 is 1. The highest BCUT2D eigenvalue weighted by molar-refractivity contribution is 5.45. The molecule has 1 heterocycles.